The van der Waals surface area contributed by atoms with Gasteiger partial charge in [-0.05, 0) is 67.6 Å². The van der Waals surface area contributed by atoms with E-state index in [1.54, 1.807) is 42.5 Å². The zero-order valence-corrected chi connectivity index (χ0v) is 20.1. The van der Waals surface area contributed by atoms with Crippen molar-refractivity contribution in [1.82, 2.24) is 0 Å². The maximum absolute atomic E-state index is 13.1. The van der Waals surface area contributed by atoms with Gasteiger partial charge in [0.1, 0.15) is 16.4 Å². The average Bonchev–Trinajstić information content (AvgIpc) is 2.84. The van der Waals surface area contributed by atoms with Crippen molar-refractivity contribution < 1.29 is 32.2 Å². The van der Waals surface area contributed by atoms with Crippen molar-refractivity contribution in [3.63, 3.8) is 0 Å². The second kappa shape index (κ2) is 10.8. The molecule has 34 heavy (non-hydrogen) atoms. The lowest BCUT2D eigenvalue weighted by molar-refractivity contribution is 0.102. The predicted molar refractivity (Wildman–Crippen MR) is 129 cm³/mol. The molecule has 0 heterocycles. The fourth-order valence-corrected chi connectivity index (χ4v) is 4.40. The van der Waals surface area contributed by atoms with Crippen LogP contribution in [0.5, 0.6) is 23.0 Å². The highest BCUT2D eigenvalue weighted by molar-refractivity contribution is 7.92. The number of carbonyl (C=O) groups excluding carboxylic acids is 1. The third-order valence-corrected chi connectivity index (χ3v) is 6.18. The van der Waals surface area contributed by atoms with Gasteiger partial charge in [-0.25, -0.2) is 8.42 Å². The summed E-state index contributed by atoms with van der Waals surface area (Å²) in [6, 6.07) is 15.6. The lowest BCUT2D eigenvalue weighted by atomic mass is 10.2. The number of benzene rings is 3. The van der Waals surface area contributed by atoms with E-state index in [9.17, 15) is 13.2 Å². The molecule has 0 radical (unpaired) electrons. The van der Waals surface area contributed by atoms with E-state index in [-0.39, 0.29) is 16.3 Å². The molecular formula is C24H26N2O7S. The topological polar surface area (TPSA) is 112 Å². The average molecular weight is 487 g/mol. The van der Waals surface area contributed by atoms with Crippen molar-refractivity contribution in [2.75, 3.05) is 38.0 Å². The van der Waals surface area contributed by atoms with Crippen LogP contribution in [0.1, 0.15) is 17.3 Å². The van der Waals surface area contributed by atoms with Crippen LogP contribution in [0.2, 0.25) is 0 Å². The number of nitrogens with one attached hydrogen (secondary N) is 2. The Hall–Kier alpha value is -3.92. The smallest absolute Gasteiger partial charge is 0.265 e. The minimum absolute atomic E-state index is 0.127. The van der Waals surface area contributed by atoms with Gasteiger partial charge in [0.25, 0.3) is 15.9 Å². The Morgan fingerprint density at radius 2 is 1.41 bits per heavy atom. The fraction of sp³-hybridized carbons (Fsp3) is 0.208. The maximum Gasteiger partial charge on any atom is 0.265 e. The molecule has 0 unspecified atom stereocenters. The van der Waals surface area contributed by atoms with Crippen LogP contribution in [0.3, 0.4) is 0 Å². The van der Waals surface area contributed by atoms with Crippen LogP contribution in [0.15, 0.2) is 65.6 Å². The Bertz CT molecular complexity index is 1260. The first-order chi connectivity index (χ1) is 16.3. The van der Waals surface area contributed by atoms with E-state index in [1.807, 2.05) is 6.92 Å². The Labute approximate surface area is 198 Å². The molecule has 1 amide bonds. The second-order valence-electron chi connectivity index (χ2n) is 6.95. The summed E-state index contributed by atoms with van der Waals surface area (Å²) in [6.45, 7) is 2.36. The molecule has 0 aliphatic rings. The normalized spacial score (nSPS) is 10.8. The minimum atomic E-state index is -4.03. The molecule has 9 nitrogen and oxygen atoms in total. The van der Waals surface area contributed by atoms with E-state index in [1.165, 1.54) is 39.5 Å². The van der Waals surface area contributed by atoms with Gasteiger partial charge in [-0.1, -0.05) is 0 Å². The SMILES string of the molecule is CCOc1ccc(NS(=O)(=O)c2cc(NC(=O)c3ccc(OC)c(OC)c3)ccc2OC)cc1. The van der Waals surface area contributed by atoms with Gasteiger partial charge in [-0.15, -0.1) is 0 Å². The Morgan fingerprint density at radius 1 is 0.794 bits per heavy atom. The van der Waals surface area contributed by atoms with Crippen molar-refractivity contribution in [2.24, 2.45) is 0 Å². The van der Waals surface area contributed by atoms with Gasteiger partial charge >= 0.3 is 0 Å². The van der Waals surface area contributed by atoms with Crippen molar-refractivity contribution in [3.05, 3.63) is 66.2 Å². The predicted octanol–water partition coefficient (Wildman–Crippen LogP) is 4.16. The molecule has 3 rings (SSSR count). The summed E-state index contributed by atoms with van der Waals surface area (Å²) in [6.07, 6.45) is 0. The standard InChI is InChI=1S/C24H26N2O7S/c1-5-33-19-10-7-17(8-11-19)26-34(28,29)23-15-18(9-13-21(23)31-3)25-24(27)16-6-12-20(30-2)22(14-16)32-4/h6-15,26H,5H2,1-4H3,(H,25,27). The molecule has 0 saturated heterocycles. The molecule has 3 aromatic rings. The fourth-order valence-electron chi connectivity index (χ4n) is 3.14. The number of amides is 1. The quantitative estimate of drug-likeness (QED) is 0.442. The molecule has 0 aliphatic carbocycles. The molecule has 0 aliphatic heterocycles. The van der Waals surface area contributed by atoms with Crippen LogP contribution in [0.25, 0.3) is 0 Å². The summed E-state index contributed by atoms with van der Waals surface area (Å²) in [5, 5.41) is 2.70. The van der Waals surface area contributed by atoms with Gasteiger partial charge in [0.05, 0.1) is 27.9 Å². The van der Waals surface area contributed by atoms with Crippen molar-refractivity contribution in [2.45, 2.75) is 11.8 Å². The summed E-state index contributed by atoms with van der Waals surface area (Å²) in [5.74, 6) is 1.18. The number of hydrogen-bond acceptors (Lipinski definition) is 7. The molecule has 10 heteroatoms. The highest BCUT2D eigenvalue weighted by Crippen LogP contribution is 2.31. The number of carbonyl (C=O) groups is 1. The number of sulfonamides is 1. The molecule has 0 spiro atoms. The molecule has 3 aromatic carbocycles. The molecule has 0 fully saturated rings. The first kappa shape index (κ1) is 24.7. The van der Waals surface area contributed by atoms with Gasteiger partial charge in [0, 0.05) is 16.9 Å². The van der Waals surface area contributed by atoms with E-state index in [2.05, 4.69) is 10.0 Å². The number of anilines is 2. The van der Waals surface area contributed by atoms with E-state index in [0.29, 0.717) is 35.1 Å². The van der Waals surface area contributed by atoms with Crippen LogP contribution in [-0.2, 0) is 10.0 Å². The molecule has 0 aromatic heterocycles. The number of hydrogen-bond donors (Lipinski definition) is 2. The maximum atomic E-state index is 13.1. The van der Waals surface area contributed by atoms with E-state index >= 15 is 0 Å². The molecule has 0 bridgehead atoms. The Morgan fingerprint density at radius 3 is 2.03 bits per heavy atom. The number of methoxy groups -OCH3 is 3. The van der Waals surface area contributed by atoms with Crippen molar-refractivity contribution >= 4 is 27.3 Å². The van der Waals surface area contributed by atoms with Gasteiger partial charge in [-0.2, -0.15) is 0 Å². The number of ether oxygens (including phenoxy) is 4. The van der Waals surface area contributed by atoms with Crippen LogP contribution in [-0.4, -0.2) is 42.3 Å². The van der Waals surface area contributed by atoms with Crippen LogP contribution < -0.4 is 29.0 Å². The van der Waals surface area contributed by atoms with Crippen molar-refractivity contribution in [1.29, 1.82) is 0 Å². The summed E-state index contributed by atoms with van der Waals surface area (Å²) in [4.78, 5) is 12.6. The highest BCUT2D eigenvalue weighted by Gasteiger charge is 2.21. The zero-order valence-electron chi connectivity index (χ0n) is 19.2. The third kappa shape index (κ3) is 5.70. The first-order valence-corrected chi connectivity index (χ1v) is 11.8. The molecule has 0 atom stereocenters. The van der Waals surface area contributed by atoms with Gasteiger partial charge in [0.15, 0.2) is 11.5 Å². The lowest BCUT2D eigenvalue weighted by Crippen LogP contribution is -2.16. The number of rotatable bonds is 10. The third-order valence-electron chi connectivity index (χ3n) is 4.77. The molecule has 180 valence electrons. The summed E-state index contributed by atoms with van der Waals surface area (Å²) in [7, 11) is 0.309. The minimum Gasteiger partial charge on any atom is -0.495 e. The molecule has 0 saturated carbocycles. The largest absolute Gasteiger partial charge is 0.495 e. The summed E-state index contributed by atoms with van der Waals surface area (Å²) >= 11 is 0. The van der Waals surface area contributed by atoms with Crippen molar-refractivity contribution in [3.8, 4) is 23.0 Å². The second-order valence-corrected chi connectivity index (χ2v) is 8.60. The van der Waals surface area contributed by atoms with E-state index < -0.39 is 15.9 Å². The molecule has 2 N–H and O–H groups in total. The zero-order chi connectivity index (χ0) is 24.7. The van der Waals surface area contributed by atoms with Gasteiger partial charge < -0.3 is 24.3 Å². The van der Waals surface area contributed by atoms with E-state index in [0.717, 1.165) is 0 Å². The summed E-state index contributed by atoms with van der Waals surface area (Å²) < 4.78 is 49.7. The summed E-state index contributed by atoms with van der Waals surface area (Å²) in [5.41, 5.74) is 0.934. The highest BCUT2D eigenvalue weighted by atomic mass is 32.2. The Balaban J connectivity index is 1.85. The van der Waals surface area contributed by atoms with Gasteiger partial charge in [0.2, 0.25) is 0 Å². The van der Waals surface area contributed by atoms with Crippen LogP contribution in [0.4, 0.5) is 11.4 Å². The Kier molecular flexibility index (Phi) is 7.85. The van der Waals surface area contributed by atoms with Gasteiger partial charge in [-0.3, -0.25) is 9.52 Å². The lowest BCUT2D eigenvalue weighted by Gasteiger charge is -2.14. The monoisotopic (exact) mass is 486 g/mol. The van der Waals surface area contributed by atoms with Crippen LogP contribution >= 0.6 is 0 Å². The molecular weight excluding hydrogens is 460 g/mol. The van der Waals surface area contributed by atoms with E-state index in [4.69, 9.17) is 18.9 Å². The van der Waals surface area contributed by atoms with Crippen LogP contribution in [0, 0.1) is 0 Å². The first-order valence-electron chi connectivity index (χ1n) is 10.3.